The minimum atomic E-state index is -1.30. The maximum absolute atomic E-state index is 12.1. The number of aliphatic hydroxyl groups excluding tert-OH is 1. The SMILES string of the molecule is C[C@H]1CC[C@@H](O)C(C)(C)OC2C[C@@]34CO[C@]2(O)C(C)(C)[C@@H]3CC[C@]2(C)[C@@H]4CC[C@@H]3[C@@H]1CC[C@]32C. The Morgan fingerprint density at radius 2 is 1.50 bits per heavy atom. The molecule has 1 unspecified atom stereocenters. The highest BCUT2D eigenvalue weighted by Crippen LogP contribution is 2.78. The molecule has 0 aromatic heterocycles. The Kier molecular flexibility index (Phi) is 5.00. The first-order chi connectivity index (χ1) is 15.7. The quantitative estimate of drug-likeness (QED) is 0.456. The average molecular weight is 475 g/mol. The lowest BCUT2D eigenvalue weighted by molar-refractivity contribution is -0.441. The van der Waals surface area contributed by atoms with E-state index in [0.717, 1.165) is 31.1 Å². The first-order valence-electron chi connectivity index (χ1n) is 14.5. The highest BCUT2D eigenvalue weighted by atomic mass is 16.7. The third kappa shape index (κ3) is 2.65. The number of hydrogen-bond acceptors (Lipinski definition) is 4. The maximum Gasteiger partial charge on any atom is 0.197 e. The second-order valence-electron chi connectivity index (χ2n) is 15.3. The van der Waals surface area contributed by atoms with Gasteiger partial charge in [-0.2, -0.15) is 0 Å². The predicted molar refractivity (Wildman–Crippen MR) is 133 cm³/mol. The minimum Gasteiger partial charge on any atom is -0.390 e. The fraction of sp³-hybridized carbons (Fsp3) is 1.00. The van der Waals surface area contributed by atoms with Gasteiger partial charge >= 0.3 is 0 Å². The van der Waals surface area contributed by atoms with E-state index < -0.39 is 23.6 Å². The van der Waals surface area contributed by atoms with Crippen molar-refractivity contribution in [1.82, 2.24) is 0 Å². The van der Waals surface area contributed by atoms with E-state index in [1.165, 1.54) is 38.5 Å². The first-order valence-corrected chi connectivity index (χ1v) is 14.5. The standard InChI is InChI=1S/C30H50O4/c1-18-8-11-23(31)26(4,5)34-24-16-29-17-33-30(24,32)25(2,3)21(29)13-15-28(7)22(29)10-9-20-19(18)12-14-27(20,28)6/h18-24,31-32H,8-17H2,1-7H3/t18-,19+,20+,21-,22-,23+,24?,27+,28+,29+,30-/m0/s1. The highest BCUT2D eigenvalue weighted by molar-refractivity contribution is 5.23. The lowest BCUT2D eigenvalue weighted by Crippen LogP contribution is -2.78. The number of aliphatic hydroxyl groups is 2. The van der Waals surface area contributed by atoms with E-state index in [1.807, 2.05) is 13.8 Å². The molecule has 8 bridgehead atoms. The van der Waals surface area contributed by atoms with Gasteiger partial charge in [-0.3, -0.25) is 0 Å². The topological polar surface area (TPSA) is 58.9 Å². The van der Waals surface area contributed by atoms with Crippen molar-refractivity contribution in [3.05, 3.63) is 0 Å². The summed E-state index contributed by atoms with van der Waals surface area (Å²) in [5.41, 5.74) is -0.347. The fourth-order valence-electron chi connectivity index (χ4n) is 11.5. The van der Waals surface area contributed by atoms with E-state index in [2.05, 4.69) is 34.6 Å². The van der Waals surface area contributed by atoms with Gasteiger partial charge in [0.15, 0.2) is 5.79 Å². The molecule has 8 fully saturated rings. The summed E-state index contributed by atoms with van der Waals surface area (Å²) in [6.07, 6.45) is 9.55. The molecule has 0 aromatic rings. The number of ether oxygens (including phenoxy) is 2. The Bertz CT molecular complexity index is 853. The molecule has 0 amide bonds. The van der Waals surface area contributed by atoms with Crippen molar-refractivity contribution >= 4 is 0 Å². The highest BCUT2D eigenvalue weighted by Gasteiger charge is 2.77. The molecule has 0 aromatic carbocycles. The molecular weight excluding hydrogens is 424 g/mol. The maximum atomic E-state index is 12.1. The van der Waals surface area contributed by atoms with Crippen molar-refractivity contribution in [3.8, 4) is 0 Å². The zero-order valence-corrected chi connectivity index (χ0v) is 22.8. The van der Waals surface area contributed by atoms with E-state index in [4.69, 9.17) is 9.47 Å². The van der Waals surface area contributed by atoms with Crippen LogP contribution >= 0.6 is 0 Å². The van der Waals surface area contributed by atoms with Gasteiger partial charge in [-0.1, -0.05) is 34.6 Å². The van der Waals surface area contributed by atoms with Gasteiger partial charge in [0.1, 0.15) is 6.10 Å². The van der Waals surface area contributed by atoms with Crippen molar-refractivity contribution < 1.29 is 19.7 Å². The van der Waals surface area contributed by atoms with Gasteiger partial charge in [0.05, 0.1) is 18.3 Å². The lowest BCUT2D eigenvalue weighted by Gasteiger charge is -2.75. The molecule has 194 valence electrons. The summed E-state index contributed by atoms with van der Waals surface area (Å²) in [5.74, 6) is 1.98. The van der Waals surface area contributed by atoms with Crippen LogP contribution in [0.4, 0.5) is 0 Å². The van der Waals surface area contributed by atoms with Crippen molar-refractivity contribution in [1.29, 1.82) is 0 Å². The van der Waals surface area contributed by atoms with Crippen LogP contribution in [0, 0.1) is 51.2 Å². The molecule has 4 heteroatoms. The molecule has 4 aliphatic carbocycles. The molecule has 4 heterocycles. The third-order valence-electron chi connectivity index (χ3n) is 13.7. The molecule has 4 nitrogen and oxygen atoms in total. The molecule has 4 aliphatic heterocycles. The van der Waals surface area contributed by atoms with E-state index in [1.54, 1.807) is 0 Å². The number of rotatable bonds is 0. The zero-order chi connectivity index (χ0) is 24.5. The molecule has 34 heavy (non-hydrogen) atoms. The summed E-state index contributed by atoms with van der Waals surface area (Å²) >= 11 is 0. The average Bonchev–Trinajstić information content (AvgIpc) is 3.11. The van der Waals surface area contributed by atoms with Crippen LogP contribution in [0.1, 0.15) is 106 Å². The van der Waals surface area contributed by atoms with Crippen LogP contribution < -0.4 is 0 Å². The van der Waals surface area contributed by atoms with Gasteiger partial charge in [0.2, 0.25) is 0 Å². The Morgan fingerprint density at radius 3 is 2.24 bits per heavy atom. The van der Waals surface area contributed by atoms with Crippen LogP contribution in [-0.4, -0.2) is 40.4 Å². The van der Waals surface area contributed by atoms with E-state index in [9.17, 15) is 10.2 Å². The van der Waals surface area contributed by atoms with Crippen LogP contribution in [0.5, 0.6) is 0 Å². The number of fused-ring (bicyclic) bond motifs is 7. The van der Waals surface area contributed by atoms with Crippen molar-refractivity contribution in [3.63, 3.8) is 0 Å². The predicted octanol–water partition coefficient (Wildman–Crippen LogP) is 5.93. The van der Waals surface area contributed by atoms with Crippen LogP contribution in [0.25, 0.3) is 0 Å². The Balaban J connectivity index is 1.52. The van der Waals surface area contributed by atoms with Crippen molar-refractivity contribution in [2.45, 2.75) is 130 Å². The summed E-state index contributed by atoms with van der Waals surface area (Å²) in [4.78, 5) is 0. The van der Waals surface area contributed by atoms with Gasteiger partial charge in [-0.05, 0) is 112 Å². The molecule has 8 aliphatic rings. The molecule has 1 spiro atoms. The molecule has 0 radical (unpaired) electrons. The van der Waals surface area contributed by atoms with E-state index in [-0.39, 0.29) is 10.8 Å². The van der Waals surface area contributed by atoms with Gasteiger partial charge in [0.25, 0.3) is 0 Å². The summed E-state index contributed by atoms with van der Waals surface area (Å²) in [6, 6.07) is 0. The smallest absolute Gasteiger partial charge is 0.197 e. The van der Waals surface area contributed by atoms with E-state index >= 15 is 0 Å². The summed E-state index contributed by atoms with van der Waals surface area (Å²) in [6.45, 7) is 16.9. The van der Waals surface area contributed by atoms with E-state index in [0.29, 0.717) is 35.2 Å². The Hall–Kier alpha value is -0.160. The van der Waals surface area contributed by atoms with Crippen molar-refractivity contribution in [2.75, 3.05) is 6.61 Å². The second kappa shape index (κ2) is 7.03. The monoisotopic (exact) mass is 474 g/mol. The summed E-state index contributed by atoms with van der Waals surface area (Å²) in [7, 11) is 0. The second-order valence-corrected chi connectivity index (χ2v) is 15.3. The van der Waals surface area contributed by atoms with Gasteiger partial charge in [-0.15, -0.1) is 0 Å². The normalized spacial score (nSPS) is 59.7. The lowest BCUT2D eigenvalue weighted by atomic mass is 9.33. The third-order valence-corrected chi connectivity index (χ3v) is 13.7. The summed E-state index contributed by atoms with van der Waals surface area (Å²) < 4.78 is 13.3. The first kappa shape index (κ1) is 24.2. The number of hydrogen-bond donors (Lipinski definition) is 2. The molecule has 4 saturated carbocycles. The van der Waals surface area contributed by atoms with Gasteiger partial charge < -0.3 is 19.7 Å². The Labute approximate surface area is 207 Å². The van der Waals surface area contributed by atoms with Crippen LogP contribution in [0.2, 0.25) is 0 Å². The molecule has 11 atom stereocenters. The molecule has 4 saturated heterocycles. The molecule has 2 N–H and O–H groups in total. The van der Waals surface area contributed by atoms with Crippen LogP contribution in [-0.2, 0) is 9.47 Å². The van der Waals surface area contributed by atoms with Gasteiger partial charge in [0, 0.05) is 10.8 Å². The zero-order valence-electron chi connectivity index (χ0n) is 22.8. The van der Waals surface area contributed by atoms with Crippen molar-refractivity contribution in [2.24, 2.45) is 51.2 Å². The van der Waals surface area contributed by atoms with Crippen LogP contribution in [0.15, 0.2) is 0 Å². The summed E-state index contributed by atoms with van der Waals surface area (Å²) in [5, 5.41) is 23.4. The Morgan fingerprint density at radius 1 is 0.794 bits per heavy atom. The largest absolute Gasteiger partial charge is 0.390 e. The fourth-order valence-corrected chi connectivity index (χ4v) is 11.5. The molecule has 8 rings (SSSR count). The molecular formula is C30H50O4. The van der Waals surface area contributed by atoms with Gasteiger partial charge in [-0.25, -0.2) is 0 Å². The van der Waals surface area contributed by atoms with Crippen LogP contribution in [0.3, 0.4) is 0 Å². The minimum absolute atomic E-state index is 0.0501.